The number of likely N-dealkylation sites (N-methyl/N-ethyl adjacent to an activating group) is 1. The lowest BCUT2D eigenvalue weighted by Gasteiger charge is -2.27. The molecule has 0 radical (unpaired) electrons. The number of aromatic nitrogens is 2. The van der Waals surface area contributed by atoms with Crippen molar-refractivity contribution in [3.05, 3.63) is 83.0 Å². The standard InChI is InChI=1S/C21H20ClFN3O3S/c1-26(30(28,29)20-10-24-13-25-20)11-18(14-5-7-17(23)8-6-14)19(12-26)21(27)15-3-2-4-16(22)9-15/h2-10,13,18-19H,11-12H2,1H3,(H,24,25)/q+1/t18-,19?,26+/m0/s1. The second-order valence-corrected chi connectivity index (χ2v) is 10.4. The molecule has 1 aliphatic rings. The number of likely N-dealkylation sites (tertiary alicyclic amines) is 1. The van der Waals surface area contributed by atoms with Crippen LogP contribution in [0.3, 0.4) is 0 Å². The van der Waals surface area contributed by atoms with E-state index in [2.05, 4.69) is 9.97 Å². The van der Waals surface area contributed by atoms with Crippen molar-refractivity contribution in [2.45, 2.75) is 10.9 Å². The number of ketones is 1. The normalized spacial score (nSPS) is 24.1. The maximum Gasteiger partial charge on any atom is 0.344 e. The van der Waals surface area contributed by atoms with Crippen molar-refractivity contribution in [1.82, 2.24) is 9.97 Å². The molecule has 1 aliphatic heterocycles. The molecule has 0 saturated carbocycles. The number of nitrogens with one attached hydrogen (secondary N) is 1. The first-order chi connectivity index (χ1) is 14.2. The lowest BCUT2D eigenvalue weighted by Crippen LogP contribution is -2.47. The minimum atomic E-state index is -3.83. The summed E-state index contributed by atoms with van der Waals surface area (Å²) in [6.07, 6.45) is 2.57. The number of carbonyl (C=O) groups is 1. The van der Waals surface area contributed by atoms with Gasteiger partial charge in [-0.2, -0.15) is 8.42 Å². The van der Waals surface area contributed by atoms with Crippen LogP contribution in [0.4, 0.5) is 4.39 Å². The molecule has 156 valence electrons. The van der Waals surface area contributed by atoms with E-state index in [0.717, 1.165) is 5.56 Å². The van der Waals surface area contributed by atoms with Gasteiger partial charge in [0.2, 0.25) is 5.03 Å². The molecule has 1 aromatic heterocycles. The summed E-state index contributed by atoms with van der Waals surface area (Å²) in [5.41, 5.74) is 1.14. The van der Waals surface area contributed by atoms with Crippen molar-refractivity contribution in [2.24, 2.45) is 5.92 Å². The van der Waals surface area contributed by atoms with Gasteiger partial charge in [-0.1, -0.05) is 35.9 Å². The number of sulfonamides is 1. The fourth-order valence-electron chi connectivity index (χ4n) is 4.15. The molecule has 2 heterocycles. The van der Waals surface area contributed by atoms with Crippen molar-refractivity contribution in [3.63, 3.8) is 0 Å². The first kappa shape index (κ1) is 20.7. The number of H-pyrrole nitrogens is 1. The van der Waals surface area contributed by atoms with E-state index in [1.807, 2.05) is 0 Å². The second kappa shape index (κ2) is 7.61. The Kier molecular flexibility index (Phi) is 5.25. The Balaban J connectivity index is 1.77. The molecule has 1 N–H and O–H groups in total. The van der Waals surface area contributed by atoms with E-state index in [4.69, 9.17) is 11.6 Å². The Bertz CT molecular complexity index is 1180. The van der Waals surface area contributed by atoms with Crippen LogP contribution in [0.5, 0.6) is 0 Å². The van der Waals surface area contributed by atoms with E-state index in [0.29, 0.717) is 10.6 Å². The number of hydrogen-bond acceptors (Lipinski definition) is 4. The third-order valence-corrected chi connectivity index (χ3v) is 8.20. The van der Waals surface area contributed by atoms with Crippen LogP contribution in [0.25, 0.3) is 0 Å². The van der Waals surface area contributed by atoms with Gasteiger partial charge in [0.1, 0.15) is 18.9 Å². The van der Waals surface area contributed by atoms with Gasteiger partial charge in [0.25, 0.3) is 0 Å². The van der Waals surface area contributed by atoms with Gasteiger partial charge in [0.15, 0.2) is 5.78 Å². The molecule has 4 rings (SSSR count). The zero-order chi connectivity index (χ0) is 21.5. The average molecular weight is 449 g/mol. The zero-order valence-electron chi connectivity index (χ0n) is 16.1. The number of halogens is 2. The molecule has 3 aromatic rings. The molecular weight excluding hydrogens is 429 g/mol. The van der Waals surface area contributed by atoms with Crippen LogP contribution < -0.4 is 0 Å². The SMILES string of the molecule is C[N@+]1(S(=O)(=O)c2cnc[nH]2)CC(C(=O)c2cccc(Cl)c2)[C@H](c2ccc(F)cc2)C1. The van der Waals surface area contributed by atoms with Gasteiger partial charge in [-0.3, -0.25) is 4.79 Å². The van der Waals surface area contributed by atoms with E-state index in [1.165, 1.54) is 24.7 Å². The second-order valence-electron chi connectivity index (χ2n) is 7.69. The van der Waals surface area contributed by atoms with Gasteiger partial charge in [-0.05, 0) is 29.8 Å². The molecule has 0 amide bonds. The molecule has 2 aromatic carbocycles. The van der Waals surface area contributed by atoms with Crippen molar-refractivity contribution in [1.29, 1.82) is 0 Å². The Hall–Kier alpha value is -2.55. The Morgan fingerprint density at radius 1 is 1.20 bits per heavy atom. The van der Waals surface area contributed by atoms with Gasteiger partial charge in [-0.15, -0.1) is 0 Å². The first-order valence-corrected chi connectivity index (χ1v) is 11.2. The van der Waals surface area contributed by atoms with Gasteiger partial charge < -0.3 is 4.98 Å². The van der Waals surface area contributed by atoms with Crippen LogP contribution in [0.1, 0.15) is 21.8 Å². The molecular formula is C21H20ClFN3O3S+. The zero-order valence-corrected chi connectivity index (χ0v) is 17.7. The average Bonchev–Trinajstić information content (AvgIpc) is 3.37. The number of aromatic amines is 1. The minimum Gasteiger partial charge on any atom is -0.331 e. The molecule has 6 nitrogen and oxygen atoms in total. The number of Topliss-reactive ketones (excluding diaryl/α,β-unsaturated/α-hetero) is 1. The van der Waals surface area contributed by atoms with Crippen LogP contribution in [0.2, 0.25) is 5.02 Å². The summed E-state index contributed by atoms with van der Waals surface area (Å²) in [6.45, 7) is 0.249. The molecule has 0 aliphatic carbocycles. The lowest BCUT2D eigenvalue weighted by molar-refractivity contribution is -0.772. The highest BCUT2D eigenvalue weighted by atomic mass is 35.5. The fraction of sp³-hybridized carbons (Fsp3) is 0.238. The molecule has 0 spiro atoms. The topological polar surface area (TPSA) is 79.9 Å². The van der Waals surface area contributed by atoms with Gasteiger partial charge >= 0.3 is 10.0 Å². The van der Waals surface area contributed by atoms with Crippen LogP contribution in [-0.2, 0) is 10.0 Å². The Morgan fingerprint density at radius 3 is 2.57 bits per heavy atom. The smallest absolute Gasteiger partial charge is 0.331 e. The first-order valence-electron chi connectivity index (χ1n) is 9.35. The summed E-state index contributed by atoms with van der Waals surface area (Å²) >= 11 is 6.06. The number of hydrogen-bond donors (Lipinski definition) is 1. The van der Waals surface area contributed by atoms with E-state index in [1.54, 1.807) is 43.4 Å². The van der Waals surface area contributed by atoms with Crippen molar-refractivity contribution in [2.75, 3.05) is 20.1 Å². The Labute approximate surface area is 179 Å². The molecule has 30 heavy (non-hydrogen) atoms. The molecule has 9 heteroatoms. The predicted octanol–water partition coefficient (Wildman–Crippen LogP) is 3.63. The van der Waals surface area contributed by atoms with E-state index < -0.39 is 27.7 Å². The number of benzene rings is 2. The largest absolute Gasteiger partial charge is 0.344 e. The molecule has 1 fully saturated rings. The monoisotopic (exact) mass is 448 g/mol. The number of imidazole rings is 1. The summed E-state index contributed by atoms with van der Waals surface area (Å²) in [6, 6.07) is 12.5. The van der Waals surface area contributed by atoms with Crippen LogP contribution in [0, 0.1) is 11.7 Å². The van der Waals surface area contributed by atoms with Crippen molar-refractivity contribution < 1.29 is 21.5 Å². The highest BCUT2D eigenvalue weighted by Crippen LogP contribution is 2.41. The highest BCUT2D eigenvalue weighted by Gasteiger charge is 2.54. The molecule has 1 saturated heterocycles. The van der Waals surface area contributed by atoms with Crippen molar-refractivity contribution in [3.8, 4) is 0 Å². The van der Waals surface area contributed by atoms with Gasteiger partial charge in [-0.25, -0.2) is 13.3 Å². The minimum absolute atomic E-state index is 0.00119. The van der Waals surface area contributed by atoms with Crippen LogP contribution in [0.15, 0.2) is 66.1 Å². The van der Waals surface area contributed by atoms with Crippen LogP contribution >= 0.6 is 11.6 Å². The number of nitrogens with zero attached hydrogens (tertiary/aromatic N) is 2. The summed E-state index contributed by atoms with van der Waals surface area (Å²) < 4.78 is 39.7. The van der Waals surface area contributed by atoms with Gasteiger partial charge in [0, 0.05) is 16.5 Å². The summed E-state index contributed by atoms with van der Waals surface area (Å²) in [7, 11) is -2.24. The summed E-state index contributed by atoms with van der Waals surface area (Å²) in [5, 5.41) is 0.429. The van der Waals surface area contributed by atoms with E-state index >= 15 is 0 Å². The van der Waals surface area contributed by atoms with Crippen LogP contribution in [-0.4, -0.2) is 48.2 Å². The third-order valence-electron chi connectivity index (χ3n) is 5.73. The highest BCUT2D eigenvalue weighted by molar-refractivity contribution is 7.85. The lowest BCUT2D eigenvalue weighted by atomic mass is 9.84. The molecule has 1 unspecified atom stereocenters. The quantitative estimate of drug-likeness (QED) is 0.477. The maximum absolute atomic E-state index is 13.5. The van der Waals surface area contributed by atoms with Gasteiger partial charge in [0.05, 0.1) is 25.5 Å². The van der Waals surface area contributed by atoms with E-state index in [-0.39, 0.29) is 27.8 Å². The van der Waals surface area contributed by atoms with E-state index in [9.17, 15) is 17.6 Å². The summed E-state index contributed by atoms with van der Waals surface area (Å²) in [5.74, 6) is -1.60. The molecule has 3 atom stereocenters. The summed E-state index contributed by atoms with van der Waals surface area (Å²) in [4.78, 5) is 19.9. The Morgan fingerprint density at radius 2 is 1.93 bits per heavy atom. The maximum atomic E-state index is 13.5. The number of quaternary nitrogens is 1. The molecule has 0 bridgehead atoms. The van der Waals surface area contributed by atoms with Crippen molar-refractivity contribution >= 4 is 27.4 Å². The number of rotatable bonds is 5. The predicted molar refractivity (Wildman–Crippen MR) is 110 cm³/mol. The third kappa shape index (κ3) is 3.55. The number of carbonyl (C=O) groups excluding carboxylic acids is 1. The fourth-order valence-corrected chi connectivity index (χ4v) is 5.92.